The largest absolute Gasteiger partial charge is 0.496 e. The van der Waals surface area contributed by atoms with Crippen LogP contribution >= 0.6 is 11.8 Å². The number of aryl methyl sites for hydroxylation is 1. The third kappa shape index (κ3) is 7.27. The van der Waals surface area contributed by atoms with E-state index in [1.165, 1.54) is 18.7 Å². The molecule has 0 fully saturated rings. The lowest BCUT2D eigenvalue weighted by Gasteiger charge is -2.10. The molecule has 29 heavy (non-hydrogen) atoms. The molecular formula is C22H25NO5S. The van der Waals surface area contributed by atoms with E-state index in [-0.39, 0.29) is 24.1 Å². The predicted molar refractivity (Wildman–Crippen MR) is 113 cm³/mol. The molecule has 2 rings (SSSR count). The Morgan fingerprint density at radius 3 is 2.52 bits per heavy atom. The zero-order chi connectivity index (χ0) is 21.2. The summed E-state index contributed by atoms with van der Waals surface area (Å²) in [6.45, 7) is 3.55. The lowest BCUT2D eigenvalue weighted by atomic mass is 10.1. The summed E-state index contributed by atoms with van der Waals surface area (Å²) in [5.41, 5.74) is 3.53. The highest BCUT2D eigenvalue weighted by Gasteiger charge is 2.11. The molecule has 0 spiro atoms. The topological polar surface area (TPSA) is 81.7 Å². The summed E-state index contributed by atoms with van der Waals surface area (Å²) < 4.78 is 10.3. The Hall–Kier alpha value is -2.80. The van der Waals surface area contributed by atoms with Crippen molar-refractivity contribution in [3.8, 4) is 5.75 Å². The van der Waals surface area contributed by atoms with Gasteiger partial charge in [-0.15, -0.1) is 11.8 Å². The van der Waals surface area contributed by atoms with E-state index in [2.05, 4.69) is 5.32 Å². The summed E-state index contributed by atoms with van der Waals surface area (Å²) in [4.78, 5) is 35.3. The lowest BCUT2D eigenvalue weighted by molar-refractivity contribution is -0.145. The Kier molecular flexibility index (Phi) is 8.73. The van der Waals surface area contributed by atoms with Crippen LogP contribution in [0.25, 0.3) is 0 Å². The smallest absolute Gasteiger partial charge is 0.316 e. The fourth-order valence-corrected chi connectivity index (χ4v) is 3.39. The number of ether oxygens (including phenoxy) is 2. The van der Waals surface area contributed by atoms with E-state index < -0.39 is 5.97 Å². The maximum atomic E-state index is 11.9. The van der Waals surface area contributed by atoms with Crippen LogP contribution in [0.5, 0.6) is 5.75 Å². The van der Waals surface area contributed by atoms with Crippen molar-refractivity contribution in [2.75, 3.05) is 19.5 Å². The molecule has 0 aliphatic rings. The third-order valence-corrected chi connectivity index (χ3v) is 5.22. The van der Waals surface area contributed by atoms with Crippen LogP contribution < -0.4 is 10.1 Å². The maximum Gasteiger partial charge on any atom is 0.316 e. The molecule has 0 radical (unpaired) electrons. The fourth-order valence-electron chi connectivity index (χ4n) is 2.60. The Balaban J connectivity index is 1.73. The van der Waals surface area contributed by atoms with E-state index in [9.17, 15) is 14.4 Å². The molecular weight excluding hydrogens is 390 g/mol. The molecule has 0 aliphatic heterocycles. The zero-order valence-corrected chi connectivity index (χ0v) is 17.6. The fraction of sp³-hybridized carbons (Fsp3) is 0.318. The Morgan fingerprint density at radius 2 is 1.83 bits per heavy atom. The van der Waals surface area contributed by atoms with Crippen molar-refractivity contribution in [2.45, 2.75) is 26.1 Å². The molecule has 2 aromatic carbocycles. The second-order valence-corrected chi connectivity index (χ2v) is 7.43. The van der Waals surface area contributed by atoms with Gasteiger partial charge in [0.1, 0.15) is 5.75 Å². The number of esters is 1. The van der Waals surface area contributed by atoms with Crippen LogP contribution in [0.3, 0.4) is 0 Å². The number of methoxy groups -OCH3 is 1. The molecule has 1 amide bonds. The number of carbonyl (C=O) groups excluding carboxylic acids is 3. The van der Waals surface area contributed by atoms with Crippen molar-refractivity contribution in [3.05, 3.63) is 64.7 Å². The number of Topliss-reactive ketones (excluding diaryl/α,β-unsaturated/α-hetero) is 1. The maximum absolute atomic E-state index is 11.9. The molecule has 0 saturated heterocycles. The van der Waals surface area contributed by atoms with Crippen molar-refractivity contribution < 1.29 is 23.9 Å². The number of ketones is 1. The van der Waals surface area contributed by atoms with Crippen LogP contribution in [0, 0.1) is 6.92 Å². The molecule has 0 unspecified atom stereocenters. The Morgan fingerprint density at radius 1 is 1.07 bits per heavy atom. The number of carbonyl (C=O) groups is 3. The van der Waals surface area contributed by atoms with Gasteiger partial charge in [-0.25, -0.2) is 0 Å². The average Bonchev–Trinajstić information content (AvgIpc) is 2.71. The highest BCUT2D eigenvalue weighted by Crippen LogP contribution is 2.25. The summed E-state index contributed by atoms with van der Waals surface area (Å²) in [7, 11) is 1.56. The quantitative estimate of drug-likeness (QED) is 0.474. The van der Waals surface area contributed by atoms with Gasteiger partial charge in [0.25, 0.3) is 5.91 Å². The van der Waals surface area contributed by atoms with Crippen molar-refractivity contribution in [2.24, 2.45) is 0 Å². The van der Waals surface area contributed by atoms with Crippen molar-refractivity contribution in [1.29, 1.82) is 0 Å². The van der Waals surface area contributed by atoms with Gasteiger partial charge in [-0.2, -0.15) is 0 Å². The summed E-state index contributed by atoms with van der Waals surface area (Å²) >= 11 is 1.33. The number of amides is 1. The average molecular weight is 416 g/mol. The molecule has 7 heteroatoms. The minimum atomic E-state index is -0.470. The van der Waals surface area contributed by atoms with Gasteiger partial charge in [0, 0.05) is 23.4 Å². The number of hydrogen-bond donors (Lipinski definition) is 1. The monoisotopic (exact) mass is 415 g/mol. The van der Waals surface area contributed by atoms with Crippen molar-refractivity contribution >= 4 is 29.4 Å². The molecule has 2 aromatic rings. The Labute approximate surface area is 175 Å². The number of benzene rings is 2. The van der Waals surface area contributed by atoms with Gasteiger partial charge in [0.2, 0.25) is 0 Å². The first-order valence-electron chi connectivity index (χ1n) is 9.13. The number of nitrogens with one attached hydrogen (secondary N) is 1. The van der Waals surface area contributed by atoms with Crippen LogP contribution in [-0.2, 0) is 26.6 Å². The minimum absolute atomic E-state index is 0.0324. The first-order chi connectivity index (χ1) is 13.9. The molecule has 6 nitrogen and oxygen atoms in total. The molecule has 0 saturated carbocycles. The second-order valence-electron chi connectivity index (χ2n) is 6.44. The molecule has 0 aromatic heterocycles. The molecule has 0 aliphatic carbocycles. The van der Waals surface area contributed by atoms with E-state index in [4.69, 9.17) is 9.47 Å². The van der Waals surface area contributed by atoms with Crippen molar-refractivity contribution in [3.63, 3.8) is 0 Å². The second kappa shape index (κ2) is 11.3. The first-order valence-corrected chi connectivity index (χ1v) is 10.3. The van der Waals surface area contributed by atoms with Crippen LogP contribution in [0.4, 0.5) is 0 Å². The van der Waals surface area contributed by atoms with Gasteiger partial charge in [-0.05, 0) is 43.2 Å². The summed E-state index contributed by atoms with van der Waals surface area (Å²) in [6, 6.07) is 13.0. The van der Waals surface area contributed by atoms with Crippen LogP contribution in [-0.4, -0.2) is 37.1 Å². The highest BCUT2D eigenvalue weighted by atomic mass is 32.2. The lowest BCUT2D eigenvalue weighted by Crippen LogP contribution is -2.29. The van der Waals surface area contributed by atoms with Gasteiger partial charge in [0.05, 0.1) is 12.9 Å². The molecule has 1 N–H and O–H groups in total. The zero-order valence-electron chi connectivity index (χ0n) is 16.8. The van der Waals surface area contributed by atoms with Gasteiger partial charge < -0.3 is 14.8 Å². The van der Waals surface area contributed by atoms with E-state index >= 15 is 0 Å². The van der Waals surface area contributed by atoms with E-state index in [1.54, 1.807) is 25.3 Å². The Bertz CT molecular complexity index is 881. The third-order valence-electron chi connectivity index (χ3n) is 4.27. The summed E-state index contributed by atoms with van der Waals surface area (Å²) in [5.74, 6) is 0.392. The van der Waals surface area contributed by atoms with Gasteiger partial charge in [-0.3, -0.25) is 14.4 Å². The molecule has 0 bridgehead atoms. The van der Waals surface area contributed by atoms with Crippen LogP contribution in [0.15, 0.2) is 42.5 Å². The van der Waals surface area contributed by atoms with Crippen molar-refractivity contribution in [1.82, 2.24) is 5.32 Å². The summed E-state index contributed by atoms with van der Waals surface area (Å²) in [6.07, 6.45) is 0. The van der Waals surface area contributed by atoms with E-state index in [0.29, 0.717) is 23.6 Å². The first kappa shape index (κ1) is 22.5. The minimum Gasteiger partial charge on any atom is -0.496 e. The highest BCUT2D eigenvalue weighted by molar-refractivity contribution is 7.99. The molecule has 0 heterocycles. The molecule has 0 atom stereocenters. The van der Waals surface area contributed by atoms with Gasteiger partial charge >= 0.3 is 5.97 Å². The van der Waals surface area contributed by atoms with Crippen LogP contribution in [0.1, 0.15) is 34.0 Å². The SMILES string of the molecule is COc1ccc(C(C)=O)cc1CSCC(=O)OCC(=O)NCc1ccccc1C. The van der Waals surface area contributed by atoms with Crippen LogP contribution in [0.2, 0.25) is 0 Å². The molecule has 154 valence electrons. The number of rotatable bonds is 10. The normalized spacial score (nSPS) is 10.3. The van der Waals surface area contributed by atoms with E-state index in [1.807, 2.05) is 31.2 Å². The summed E-state index contributed by atoms with van der Waals surface area (Å²) in [5, 5.41) is 2.74. The predicted octanol–water partition coefficient (Wildman–Crippen LogP) is 3.30. The number of hydrogen-bond acceptors (Lipinski definition) is 6. The van der Waals surface area contributed by atoms with E-state index in [0.717, 1.165) is 16.7 Å². The van der Waals surface area contributed by atoms with Gasteiger partial charge in [0.15, 0.2) is 12.4 Å². The standard InChI is InChI=1S/C22H25NO5S/c1-15-6-4-5-7-18(15)11-23-21(25)12-28-22(26)14-29-13-19-10-17(16(2)24)8-9-20(19)27-3/h4-10H,11-14H2,1-3H3,(H,23,25). The number of thioether (sulfide) groups is 1. The van der Waals surface area contributed by atoms with Gasteiger partial charge in [-0.1, -0.05) is 24.3 Å².